The van der Waals surface area contributed by atoms with E-state index in [1.165, 1.54) is 30.3 Å². The molecule has 0 saturated heterocycles. The SMILES string of the molecule is Cc1ccc(S(=O)(=O)c2ccnn2S(=O)(=O)c2ccccc2)cc1. The van der Waals surface area contributed by atoms with Crippen molar-refractivity contribution in [3.63, 3.8) is 0 Å². The largest absolute Gasteiger partial charge is 0.284 e. The van der Waals surface area contributed by atoms with Gasteiger partial charge in [-0.3, -0.25) is 0 Å². The zero-order valence-corrected chi connectivity index (χ0v) is 14.3. The predicted molar refractivity (Wildman–Crippen MR) is 87.9 cm³/mol. The fourth-order valence-corrected chi connectivity index (χ4v) is 5.18. The van der Waals surface area contributed by atoms with Crippen LogP contribution in [-0.2, 0) is 19.9 Å². The normalized spacial score (nSPS) is 12.2. The Morgan fingerprint density at radius 3 is 2.04 bits per heavy atom. The van der Waals surface area contributed by atoms with Crippen LogP contribution in [0.5, 0.6) is 0 Å². The van der Waals surface area contributed by atoms with Crippen LogP contribution >= 0.6 is 0 Å². The molecule has 0 unspecified atom stereocenters. The molecule has 0 amide bonds. The van der Waals surface area contributed by atoms with Gasteiger partial charge in [-0.05, 0) is 37.3 Å². The fraction of sp³-hybridized carbons (Fsp3) is 0.0625. The zero-order valence-electron chi connectivity index (χ0n) is 12.7. The number of benzene rings is 2. The van der Waals surface area contributed by atoms with Crippen LogP contribution in [0.3, 0.4) is 0 Å². The molecule has 0 spiro atoms. The van der Waals surface area contributed by atoms with Gasteiger partial charge in [-0.15, -0.1) is 4.09 Å². The lowest BCUT2D eigenvalue weighted by Crippen LogP contribution is -2.20. The molecule has 6 nitrogen and oxygen atoms in total. The van der Waals surface area contributed by atoms with Gasteiger partial charge < -0.3 is 0 Å². The van der Waals surface area contributed by atoms with Crippen molar-refractivity contribution < 1.29 is 16.8 Å². The third-order valence-electron chi connectivity index (χ3n) is 3.45. The summed E-state index contributed by atoms with van der Waals surface area (Å²) in [6.07, 6.45) is 1.15. The maximum absolute atomic E-state index is 12.8. The van der Waals surface area contributed by atoms with Crippen molar-refractivity contribution in [1.82, 2.24) is 9.19 Å². The van der Waals surface area contributed by atoms with Crippen LogP contribution in [0, 0.1) is 6.92 Å². The summed E-state index contributed by atoms with van der Waals surface area (Å²) in [7, 11) is -8.11. The van der Waals surface area contributed by atoms with Crippen molar-refractivity contribution in [1.29, 1.82) is 0 Å². The third kappa shape index (κ3) is 2.74. The van der Waals surface area contributed by atoms with Gasteiger partial charge in [0.15, 0.2) is 5.03 Å². The number of aromatic nitrogens is 2. The third-order valence-corrected chi connectivity index (χ3v) is 6.93. The van der Waals surface area contributed by atoms with E-state index in [0.717, 1.165) is 11.8 Å². The van der Waals surface area contributed by atoms with E-state index >= 15 is 0 Å². The maximum Gasteiger partial charge on any atom is 0.284 e. The van der Waals surface area contributed by atoms with Crippen molar-refractivity contribution in [2.24, 2.45) is 0 Å². The van der Waals surface area contributed by atoms with Gasteiger partial charge in [-0.2, -0.15) is 13.5 Å². The first-order valence-electron chi connectivity index (χ1n) is 7.00. The van der Waals surface area contributed by atoms with Gasteiger partial charge in [0, 0.05) is 0 Å². The molecule has 0 atom stereocenters. The Kier molecular flexibility index (Phi) is 4.02. The van der Waals surface area contributed by atoms with Crippen molar-refractivity contribution in [2.45, 2.75) is 21.7 Å². The smallest absolute Gasteiger partial charge is 0.217 e. The highest BCUT2D eigenvalue weighted by Crippen LogP contribution is 2.24. The van der Waals surface area contributed by atoms with Crippen LogP contribution in [-0.4, -0.2) is 26.0 Å². The summed E-state index contributed by atoms with van der Waals surface area (Å²) >= 11 is 0. The molecule has 1 heterocycles. The van der Waals surface area contributed by atoms with Gasteiger partial charge in [-0.1, -0.05) is 35.9 Å². The van der Waals surface area contributed by atoms with Gasteiger partial charge in [0.25, 0.3) is 10.0 Å². The number of hydrogen-bond donors (Lipinski definition) is 0. The van der Waals surface area contributed by atoms with Crippen molar-refractivity contribution in [3.8, 4) is 0 Å². The van der Waals surface area contributed by atoms with E-state index in [-0.39, 0.29) is 9.79 Å². The number of nitrogens with zero attached hydrogens (tertiary/aromatic N) is 2. The molecular formula is C16H14N2O4S2. The van der Waals surface area contributed by atoms with E-state index in [0.29, 0.717) is 4.09 Å². The van der Waals surface area contributed by atoms with Crippen LogP contribution in [0.15, 0.2) is 81.7 Å². The molecule has 1 aromatic heterocycles. The average molecular weight is 362 g/mol. The summed E-state index contributed by atoms with van der Waals surface area (Å²) in [4.78, 5) is -0.0211. The molecule has 2 aromatic carbocycles. The second-order valence-corrected chi connectivity index (χ2v) is 8.81. The van der Waals surface area contributed by atoms with Crippen LogP contribution in [0.4, 0.5) is 0 Å². The molecule has 3 aromatic rings. The van der Waals surface area contributed by atoms with Gasteiger partial charge in [0.2, 0.25) is 9.84 Å². The molecule has 0 saturated carbocycles. The summed E-state index contributed by atoms with van der Waals surface area (Å²) in [5.41, 5.74) is 0.902. The van der Waals surface area contributed by atoms with E-state index in [2.05, 4.69) is 5.10 Å². The lowest BCUT2D eigenvalue weighted by atomic mass is 10.2. The Morgan fingerprint density at radius 2 is 1.42 bits per heavy atom. The highest BCUT2D eigenvalue weighted by atomic mass is 32.2. The van der Waals surface area contributed by atoms with Crippen LogP contribution in [0.2, 0.25) is 0 Å². The van der Waals surface area contributed by atoms with E-state index in [9.17, 15) is 16.8 Å². The Morgan fingerprint density at radius 1 is 0.792 bits per heavy atom. The molecule has 124 valence electrons. The second kappa shape index (κ2) is 5.88. The van der Waals surface area contributed by atoms with Gasteiger partial charge in [0.1, 0.15) is 0 Å². The topological polar surface area (TPSA) is 86.1 Å². The highest BCUT2D eigenvalue weighted by molar-refractivity contribution is 7.93. The molecule has 0 aliphatic heterocycles. The summed E-state index contributed by atoms with van der Waals surface area (Å²) in [5.74, 6) is 0. The maximum atomic E-state index is 12.8. The summed E-state index contributed by atoms with van der Waals surface area (Å²) in [6.45, 7) is 1.83. The lowest BCUT2D eigenvalue weighted by Gasteiger charge is -2.09. The minimum Gasteiger partial charge on any atom is -0.217 e. The molecule has 0 aliphatic rings. The zero-order chi connectivity index (χ0) is 17.4. The Balaban J connectivity index is 2.16. The van der Waals surface area contributed by atoms with Gasteiger partial charge in [-0.25, -0.2) is 8.42 Å². The van der Waals surface area contributed by atoms with Crippen molar-refractivity contribution >= 4 is 19.9 Å². The Hall–Kier alpha value is -2.45. The first-order chi connectivity index (χ1) is 11.3. The number of sulfone groups is 1. The molecule has 0 radical (unpaired) electrons. The predicted octanol–water partition coefficient (Wildman–Crippen LogP) is 2.26. The standard InChI is InChI=1S/C16H14N2O4S2/c1-13-7-9-14(10-8-13)23(19,20)16-11-12-17-18(16)24(21,22)15-5-3-2-4-6-15/h2-12H,1H3. The molecule has 0 bridgehead atoms. The van der Waals surface area contributed by atoms with Gasteiger partial charge in [0.05, 0.1) is 16.0 Å². The number of aryl methyl sites for hydroxylation is 1. The molecule has 0 N–H and O–H groups in total. The first-order valence-corrected chi connectivity index (χ1v) is 9.92. The summed E-state index contributed by atoms with van der Waals surface area (Å²) in [6, 6.07) is 14.9. The average Bonchev–Trinajstić information content (AvgIpc) is 3.07. The van der Waals surface area contributed by atoms with Crippen LogP contribution in [0.25, 0.3) is 0 Å². The highest BCUT2D eigenvalue weighted by Gasteiger charge is 2.29. The second-order valence-electron chi connectivity index (χ2n) is 5.15. The van der Waals surface area contributed by atoms with Crippen LogP contribution < -0.4 is 0 Å². The molecule has 0 aliphatic carbocycles. The molecule has 0 fully saturated rings. The summed E-state index contributed by atoms with van der Waals surface area (Å²) < 4.78 is 51.5. The Labute approximate surface area is 140 Å². The molecule has 8 heteroatoms. The van der Waals surface area contributed by atoms with E-state index < -0.39 is 24.9 Å². The molecule has 3 rings (SSSR count). The Bertz CT molecular complexity index is 1070. The molecule has 24 heavy (non-hydrogen) atoms. The number of hydrogen-bond acceptors (Lipinski definition) is 5. The number of rotatable bonds is 4. The minimum atomic E-state index is -4.10. The fourth-order valence-electron chi connectivity index (χ4n) is 2.18. The first kappa shape index (κ1) is 16.4. The quantitative estimate of drug-likeness (QED) is 0.710. The van der Waals surface area contributed by atoms with E-state index in [1.807, 2.05) is 6.92 Å². The lowest BCUT2D eigenvalue weighted by molar-refractivity contribution is 0.562. The van der Waals surface area contributed by atoms with E-state index in [4.69, 9.17) is 0 Å². The van der Waals surface area contributed by atoms with Gasteiger partial charge >= 0.3 is 0 Å². The summed E-state index contributed by atoms with van der Waals surface area (Å²) in [5, 5.41) is 3.33. The van der Waals surface area contributed by atoms with Crippen molar-refractivity contribution in [2.75, 3.05) is 0 Å². The molecular weight excluding hydrogens is 348 g/mol. The van der Waals surface area contributed by atoms with E-state index in [1.54, 1.807) is 30.3 Å². The minimum absolute atomic E-state index is 0.0121. The van der Waals surface area contributed by atoms with Crippen LogP contribution in [0.1, 0.15) is 5.56 Å². The van der Waals surface area contributed by atoms with Crippen molar-refractivity contribution in [3.05, 3.63) is 72.4 Å². The monoisotopic (exact) mass is 362 g/mol.